The molecule has 0 aliphatic carbocycles. The molecule has 0 unspecified atom stereocenters. The van der Waals surface area contributed by atoms with Crippen LogP contribution in [-0.2, 0) is 22.5 Å². The van der Waals surface area contributed by atoms with E-state index in [1.54, 1.807) is 32.9 Å². The van der Waals surface area contributed by atoms with Crippen LogP contribution in [0.2, 0.25) is 0 Å². The summed E-state index contributed by atoms with van der Waals surface area (Å²) in [5.74, 6) is -0.980. The number of carboxylic acids is 1. The van der Waals surface area contributed by atoms with E-state index in [9.17, 15) is 19.8 Å². The molecule has 6 heteroatoms. The molecule has 2 N–H and O–H groups in total. The number of hydrogen-bond acceptors (Lipinski definition) is 4. The number of aliphatic carboxylic acids is 1. The Kier molecular flexibility index (Phi) is 3.80. The smallest absolute Gasteiger partial charge is 0.411 e. The zero-order valence-corrected chi connectivity index (χ0v) is 12.3. The molecule has 1 aliphatic heterocycles. The third-order valence-electron chi connectivity index (χ3n) is 3.23. The Bertz CT molecular complexity index is 576. The van der Waals surface area contributed by atoms with Crippen molar-refractivity contribution in [2.75, 3.05) is 0 Å². The predicted octanol–water partition coefficient (Wildman–Crippen LogP) is 2.14. The maximum atomic E-state index is 12.2. The summed E-state index contributed by atoms with van der Waals surface area (Å²) < 4.78 is 5.26. The molecule has 6 nitrogen and oxygen atoms in total. The van der Waals surface area contributed by atoms with Gasteiger partial charge >= 0.3 is 12.1 Å². The molecule has 0 spiro atoms. The maximum absolute atomic E-state index is 12.2. The summed E-state index contributed by atoms with van der Waals surface area (Å²) in [5, 5.41) is 18.9. The molecular weight excluding hydrogens is 274 g/mol. The summed E-state index contributed by atoms with van der Waals surface area (Å²) >= 11 is 0. The van der Waals surface area contributed by atoms with Crippen LogP contribution in [-0.4, -0.2) is 38.8 Å². The SMILES string of the molecule is CC(C)(C)OC(=O)N1Cc2cc(O)ccc2C[C@H]1C(=O)O. The first-order valence-corrected chi connectivity index (χ1v) is 6.70. The first-order valence-electron chi connectivity index (χ1n) is 6.70. The number of rotatable bonds is 1. The van der Waals surface area contributed by atoms with Crippen molar-refractivity contribution >= 4 is 12.1 Å². The normalized spacial score (nSPS) is 18.0. The molecule has 1 aromatic rings. The van der Waals surface area contributed by atoms with Crippen molar-refractivity contribution < 1.29 is 24.5 Å². The summed E-state index contributed by atoms with van der Waals surface area (Å²) in [6, 6.07) is 3.79. The van der Waals surface area contributed by atoms with Gasteiger partial charge in [-0.2, -0.15) is 0 Å². The Morgan fingerprint density at radius 3 is 2.52 bits per heavy atom. The summed E-state index contributed by atoms with van der Waals surface area (Å²) in [6.07, 6.45) is -0.464. The highest BCUT2D eigenvalue weighted by Crippen LogP contribution is 2.28. The summed E-state index contributed by atoms with van der Waals surface area (Å²) in [5.41, 5.74) is 0.859. The van der Waals surface area contributed by atoms with E-state index in [1.807, 2.05) is 0 Å². The van der Waals surface area contributed by atoms with Crippen molar-refractivity contribution in [3.8, 4) is 5.75 Å². The fourth-order valence-corrected chi connectivity index (χ4v) is 2.30. The Morgan fingerprint density at radius 1 is 1.29 bits per heavy atom. The Hall–Kier alpha value is -2.24. The van der Waals surface area contributed by atoms with Gasteiger partial charge in [-0.1, -0.05) is 6.07 Å². The minimum Gasteiger partial charge on any atom is -0.508 e. The third-order valence-corrected chi connectivity index (χ3v) is 3.23. The number of benzene rings is 1. The summed E-state index contributed by atoms with van der Waals surface area (Å²) in [7, 11) is 0. The molecule has 0 aromatic heterocycles. The largest absolute Gasteiger partial charge is 0.508 e. The molecule has 1 atom stereocenters. The van der Waals surface area contributed by atoms with Gasteiger partial charge in [-0.3, -0.25) is 4.90 Å². The number of amides is 1. The number of hydrogen-bond donors (Lipinski definition) is 2. The average molecular weight is 293 g/mol. The van der Waals surface area contributed by atoms with Gasteiger partial charge in [0, 0.05) is 6.42 Å². The van der Waals surface area contributed by atoms with Gasteiger partial charge in [0.1, 0.15) is 17.4 Å². The molecule has 1 aromatic carbocycles. The van der Waals surface area contributed by atoms with E-state index < -0.39 is 23.7 Å². The zero-order chi connectivity index (χ0) is 15.8. The Morgan fingerprint density at radius 2 is 1.95 bits per heavy atom. The number of carboxylic acid groups (broad SMARTS) is 1. The molecule has 114 valence electrons. The van der Waals surface area contributed by atoms with Gasteiger partial charge in [-0.25, -0.2) is 9.59 Å². The van der Waals surface area contributed by atoms with Crippen molar-refractivity contribution in [1.82, 2.24) is 4.90 Å². The van der Waals surface area contributed by atoms with E-state index in [0.29, 0.717) is 0 Å². The molecule has 0 saturated carbocycles. The molecule has 1 heterocycles. The molecule has 1 amide bonds. The van der Waals surface area contributed by atoms with E-state index in [0.717, 1.165) is 11.1 Å². The van der Waals surface area contributed by atoms with Gasteiger partial charge in [0.25, 0.3) is 0 Å². The van der Waals surface area contributed by atoms with Crippen LogP contribution in [0.5, 0.6) is 5.75 Å². The van der Waals surface area contributed by atoms with E-state index in [1.165, 1.54) is 11.0 Å². The number of carbonyl (C=O) groups is 2. The van der Waals surface area contributed by atoms with Crippen LogP contribution in [0.1, 0.15) is 31.9 Å². The van der Waals surface area contributed by atoms with E-state index in [-0.39, 0.29) is 18.7 Å². The second kappa shape index (κ2) is 5.27. The van der Waals surface area contributed by atoms with Gasteiger partial charge in [-0.05, 0) is 44.0 Å². The Balaban J connectivity index is 2.30. The number of phenolic OH excluding ortho intramolecular Hbond substituents is 1. The van der Waals surface area contributed by atoms with Crippen molar-refractivity contribution in [2.24, 2.45) is 0 Å². The van der Waals surface area contributed by atoms with Gasteiger partial charge in [0.15, 0.2) is 0 Å². The number of nitrogens with zero attached hydrogens (tertiary/aromatic N) is 1. The number of carbonyl (C=O) groups excluding carboxylic acids is 1. The molecule has 1 aliphatic rings. The first-order chi connectivity index (χ1) is 9.67. The number of fused-ring (bicyclic) bond motifs is 1. The highest BCUT2D eigenvalue weighted by Gasteiger charge is 2.37. The van der Waals surface area contributed by atoms with Gasteiger partial charge in [-0.15, -0.1) is 0 Å². The summed E-state index contributed by atoms with van der Waals surface area (Å²) in [6.45, 7) is 5.29. The van der Waals surface area contributed by atoms with Crippen molar-refractivity contribution in [3.05, 3.63) is 29.3 Å². The van der Waals surface area contributed by atoms with Crippen molar-refractivity contribution in [3.63, 3.8) is 0 Å². The zero-order valence-electron chi connectivity index (χ0n) is 12.3. The van der Waals surface area contributed by atoms with Crippen LogP contribution in [0.25, 0.3) is 0 Å². The van der Waals surface area contributed by atoms with Gasteiger partial charge < -0.3 is 14.9 Å². The second-order valence-corrected chi connectivity index (χ2v) is 6.12. The van der Waals surface area contributed by atoms with Crippen LogP contribution < -0.4 is 0 Å². The molecule has 21 heavy (non-hydrogen) atoms. The van der Waals surface area contributed by atoms with Crippen LogP contribution >= 0.6 is 0 Å². The molecule has 0 radical (unpaired) electrons. The molecule has 2 rings (SSSR count). The lowest BCUT2D eigenvalue weighted by atomic mass is 9.94. The van der Waals surface area contributed by atoms with Crippen LogP contribution in [0.15, 0.2) is 18.2 Å². The third kappa shape index (κ3) is 3.45. The van der Waals surface area contributed by atoms with Gasteiger partial charge in [0.2, 0.25) is 0 Å². The number of aromatic hydroxyl groups is 1. The van der Waals surface area contributed by atoms with Crippen molar-refractivity contribution in [1.29, 1.82) is 0 Å². The minimum absolute atomic E-state index is 0.0895. The fraction of sp³-hybridized carbons (Fsp3) is 0.467. The number of phenols is 1. The van der Waals surface area contributed by atoms with Crippen LogP contribution in [0, 0.1) is 0 Å². The lowest BCUT2D eigenvalue weighted by Crippen LogP contribution is -2.50. The molecular formula is C15H19NO5. The van der Waals surface area contributed by atoms with Gasteiger partial charge in [0.05, 0.1) is 6.54 Å². The average Bonchev–Trinajstić information content (AvgIpc) is 2.34. The minimum atomic E-state index is -1.07. The molecule has 0 fully saturated rings. The van der Waals surface area contributed by atoms with E-state index in [2.05, 4.69) is 0 Å². The Labute approximate surface area is 122 Å². The standard InChI is InChI=1S/C15H19NO5/c1-15(2,3)21-14(20)16-8-10-6-11(17)5-4-9(10)7-12(16)13(18)19/h4-6,12,17H,7-8H2,1-3H3,(H,18,19)/t12-/m0/s1. The molecule has 0 bridgehead atoms. The molecule has 0 saturated heterocycles. The topological polar surface area (TPSA) is 87.1 Å². The van der Waals surface area contributed by atoms with Crippen molar-refractivity contribution in [2.45, 2.75) is 45.4 Å². The second-order valence-electron chi connectivity index (χ2n) is 6.12. The van der Waals surface area contributed by atoms with Crippen LogP contribution in [0.4, 0.5) is 4.79 Å². The fourth-order valence-electron chi connectivity index (χ4n) is 2.30. The highest BCUT2D eigenvalue weighted by molar-refractivity contribution is 5.81. The lowest BCUT2D eigenvalue weighted by molar-refractivity contribution is -0.143. The van der Waals surface area contributed by atoms with E-state index >= 15 is 0 Å². The van der Waals surface area contributed by atoms with E-state index in [4.69, 9.17) is 4.74 Å². The summed E-state index contributed by atoms with van der Waals surface area (Å²) in [4.78, 5) is 24.8. The quantitative estimate of drug-likeness (QED) is 0.828. The maximum Gasteiger partial charge on any atom is 0.411 e. The first kappa shape index (κ1) is 15.2. The number of ether oxygens (including phenoxy) is 1. The highest BCUT2D eigenvalue weighted by atomic mass is 16.6. The van der Waals surface area contributed by atoms with Crippen LogP contribution in [0.3, 0.4) is 0 Å². The lowest BCUT2D eigenvalue weighted by Gasteiger charge is -2.35. The monoisotopic (exact) mass is 293 g/mol. The predicted molar refractivity (Wildman–Crippen MR) is 75.0 cm³/mol.